The molecule has 0 aromatic carbocycles. The van der Waals surface area contributed by atoms with Crippen LogP contribution in [0.2, 0.25) is 0 Å². The maximum atomic E-state index is 12.2. The van der Waals surface area contributed by atoms with Crippen molar-refractivity contribution in [2.24, 2.45) is 0 Å². The van der Waals surface area contributed by atoms with Crippen LogP contribution < -0.4 is 0 Å². The molecule has 4 nitrogen and oxygen atoms in total. The highest BCUT2D eigenvalue weighted by Gasteiger charge is 2.44. The Kier molecular flexibility index (Phi) is 3.63. The van der Waals surface area contributed by atoms with E-state index >= 15 is 0 Å². The molecule has 1 saturated heterocycles. The Bertz CT molecular complexity index is 438. The van der Waals surface area contributed by atoms with Crippen LogP contribution in [0, 0.1) is 0 Å². The molecule has 1 fully saturated rings. The predicted molar refractivity (Wildman–Crippen MR) is 73.5 cm³/mol. The molecule has 1 aliphatic rings. The Morgan fingerprint density at radius 1 is 1.26 bits per heavy atom. The monoisotopic (exact) mass is 262 g/mol. The number of aromatic nitrogens is 1. The van der Waals surface area contributed by atoms with E-state index in [1.807, 2.05) is 5.06 Å². The van der Waals surface area contributed by atoms with Crippen molar-refractivity contribution in [3.63, 3.8) is 0 Å². The van der Waals surface area contributed by atoms with Crippen molar-refractivity contribution in [3.8, 4) is 0 Å². The number of hydrogen-bond acceptors (Lipinski definition) is 4. The topological polar surface area (TPSA) is 42.4 Å². The van der Waals surface area contributed by atoms with E-state index < -0.39 is 0 Å². The van der Waals surface area contributed by atoms with E-state index in [-0.39, 0.29) is 17.0 Å². The highest BCUT2D eigenvalue weighted by Crippen LogP contribution is 2.38. The molecule has 0 bridgehead atoms. The third kappa shape index (κ3) is 2.95. The molecule has 0 amide bonds. The standard InChI is InChI=1S/C15H22N2O2/c1-14(2)8-6-9-15(3,4)17(14)19-13(18)12-7-5-10-16-11-12/h5,7,10-11H,6,8-9H2,1-4H3. The van der Waals surface area contributed by atoms with E-state index in [0.717, 1.165) is 19.3 Å². The molecule has 4 heteroatoms. The second-order valence-corrected chi connectivity index (χ2v) is 6.39. The van der Waals surface area contributed by atoms with Crippen LogP contribution in [0.5, 0.6) is 0 Å². The van der Waals surface area contributed by atoms with Gasteiger partial charge in [-0.15, -0.1) is 5.06 Å². The molecular weight excluding hydrogens is 240 g/mol. The fraction of sp³-hybridized carbons (Fsp3) is 0.600. The molecule has 19 heavy (non-hydrogen) atoms. The van der Waals surface area contributed by atoms with Crippen LogP contribution >= 0.6 is 0 Å². The van der Waals surface area contributed by atoms with E-state index in [1.54, 1.807) is 18.3 Å². The Hall–Kier alpha value is -1.42. The maximum Gasteiger partial charge on any atom is 0.358 e. The van der Waals surface area contributed by atoms with Gasteiger partial charge in [-0.1, -0.05) is 0 Å². The zero-order chi connectivity index (χ0) is 14.1. The second kappa shape index (κ2) is 4.93. The lowest BCUT2D eigenvalue weighted by Crippen LogP contribution is -2.58. The van der Waals surface area contributed by atoms with E-state index in [2.05, 4.69) is 32.7 Å². The van der Waals surface area contributed by atoms with Gasteiger partial charge in [0.25, 0.3) is 0 Å². The SMILES string of the molecule is CC1(C)CCCC(C)(C)N1OC(=O)c1cccnc1. The number of rotatable bonds is 2. The molecule has 0 radical (unpaired) electrons. The van der Waals surface area contributed by atoms with Gasteiger partial charge in [0.15, 0.2) is 0 Å². The number of hydrogen-bond donors (Lipinski definition) is 0. The molecule has 104 valence electrons. The zero-order valence-corrected chi connectivity index (χ0v) is 12.1. The minimum atomic E-state index is -0.337. The van der Waals surface area contributed by atoms with E-state index in [0.29, 0.717) is 5.56 Å². The predicted octanol–water partition coefficient (Wildman–Crippen LogP) is 3.20. The number of piperidine rings is 1. The summed E-state index contributed by atoms with van der Waals surface area (Å²) >= 11 is 0. The van der Waals surface area contributed by atoms with Gasteiger partial charge in [0.1, 0.15) is 0 Å². The van der Waals surface area contributed by atoms with Crippen molar-refractivity contribution in [2.45, 2.75) is 58.0 Å². The van der Waals surface area contributed by atoms with Crippen LogP contribution in [-0.4, -0.2) is 27.1 Å². The lowest BCUT2D eigenvalue weighted by atomic mass is 9.82. The molecule has 0 N–H and O–H groups in total. The van der Waals surface area contributed by atoms with Gasteiger partial charge in [-0.05, 0) is 59.1 Å². The minimum absolute atomic E-state index is 0.139. The fourth-order valence-corrected chi connectivity index (χ4v) is 2.84. The summed E-state index contributed by atoms with van der Waals surface area (Å²) in [6.07, 6.45) is 6.38. The average molecular weight is 262 g/mol. The first-order valence-electron chi connectivity index (χ1n) is 6.76. The average Bonchev–Trinajstić information content (AvgIpc) is 2.34. The molecule has 1 aromatic heterocycles. The Morgan fingerprint density at radius 2 is 1.89 bits per heavy atom. The van der Waals surface area contributed by atoms with Crippen LogP contribution in [-0.2, 0) is 4.84 Å². The molecule has 2 heterocycles. The van der Waals surface area contributed by atoms with Crippen LogP contribution in [0.15, 0.2) is 24.5 Å². The summed E-state index contributed by atoms with van der Waals surface area (Å²) in [6.45, 7) is 8.46. The quantitative estimate of drug-likeness (QED) is 0.821. The first kappa shape index (κ1) is 14.0. The van der Waals surface area contributed by atoms with Gasteiger partial charge in [-0.3, -0.25) is 4.98 Å². The van der Waals surface area contributed by atoms with Crippen molar-refractivity contribution < 1.29 is 9.63 Å². The van der Waals surface area contributed by atoms with Crippen LogP contribution in [0.4, 0.5) is 0 Å². The van der Waals surface area contributed by atoms with Crippen molar-refractivity contribution in [1.82, 2.24) is 10.0 Å². The molecule has 1 aromatic rings. The van der Waals surface area contributed by atoms with Crippen LogP contribution in [0.25, 0.3) is 0 Å². The van der Waals surface area contributed by atoms with E-state index in [4.69, 9.17) is 4.84 Å². The van der Waals surface area contributed by atoms with Gasteiger partial charge in [0.2, 0.25) is 0 Å². The van der Waals surface area contributed by atoms with E-state index in [9.17, 15) is 4.79 Å². The van der Waals surface area contributed by atoms with Crippen LogP contribution in [0.3, 0.4) is 0 Å². The largest absolute Gasteiger partial charge is 0.363 e. The van der Waals surface area contributed by atoms with Gasteiger partial charge in [-0.2, -0.15) is 0 Å². The normalized spacial score (nSPS) is 21.9. The zero-order valence-electron chi connectivity index (χ0n) is 12.1. The Morgan fingerprint density at radius 3 is 2.42 bits per heavy atom. The van der Waals surface area contributed by atoms with Crippen molar-refractivity contribution in [1.29, 1.82) is 0 Å². The fourth-order valence-electron chi connectivity index (χ4n) is 2.84. The maximum absolute atomic E-state index is 12.2. The summed E-state index contributed by atoms with van der Waals surface area (Å²) in [5.74, 6) is -0.337. The van der Waals surface area contributed by atoms with E-state index in [1.165, 1.54) is 6.20 Å². The number of nitrogens with zero attached hydrogens (tertiary/aromatic N) is 2. The highest BCUT2D eigenvalue weighted by atomic mass is 16.7. The molecule has 1 aliphatic heterocycles. The summed E-state index contributed by atoms with van der Waals surface area (Å²) in [6, 6.07) is 3.46. The molecule has 0 spiro atoms. The summed E-state index contributed by atoms with van der Waals surface area (Å²) < 4.78 is 0. The number of carbonyl (C=O) groups excluding carboxylic acids is 1. The van der Waals surface area contributed by atoms with Crippen molar-refractivity contribution in [3.05, 3.63) is 30.1 Å². The summed E-state index contributed by atoms with van der Waals surface area (Å²) in [5.41, 5.74) is 0.207. The van der Waals surface area contributed by atoms with Gasteiger partial charge >= 0.3 is 5.97 Å². The summed E-state index contributed by atoms with van der Waals surface area (Å²) in [5, 5.41) is 1.86. The summed E-state index contributed by atoms with van der Waals surface area (Å²) in [4.78, 5) is 21.8. The van der Waals surface area contributed by atoms with Crippen LogP contribution in [0.1, 0.15) is 57.3 Å². The number of hydroxylamine groups is 2. The molecule has 0 saturated carbocycles. The highest BCUT2D eigenvalue weighted by molar-refractivity contribution is 5.88. The third-order valence-corrected chi connectivity index (χ3v) is 3.75. The smallest absolute Gasteiger partial charge is 0.358 e. The first-order chi connectivity index (χ1) is 8.83. The Labute approximate surface area is 114 Å². The van der Waals surface area contributed by atoms with Gasteiger partial charge in [-0.25, -0.2) is 4.79 Å². The van der Waals surface area contributed by atoms with Gasteiger partial charge in [0.05, 0.1) is 16.6 Å². The molecule has 2 rings (SSSR count). The van der Waals surface area contributed by atoms with Crippen molar-refractivity contribution >= 4 is 5.97 Å². The Balaban J connectivity index is 2.18. The molecule has 0 atom stereocenters. The van der Waals surface area contributed by atoms with Gasteiger partial charge in [0, 0.05) is 12.4 Å². The second-order valence-electron chi connectivity index (χ2n) is 6.39. The first-order valence-corrected chi connectivity index (χ1v) is 6.76. The third-order valence-electron chi connectivity index (χ3n) is 3.75. The lowest BCUT2D eigenvalue weighted by Gasteiger charge is -2.50. The number of carbonyl (C=O) groups is 1. The van der Waals surface area contributed by atoms with Gasteiger partial charge < -0.3 is 4.84 Å². The molecule has 0 unspecified atom stereocenters. The molecule has 0 aliphatic carbocycles. The molecular formula is C15H22N2O2. The minimum Gasteiger partial charge on any atom is -0.363 e. The number of pyridine rings is 1. The lowest BCUT2D eigenvalue weighted by molar-refractivity contribution is -0.240. The summed E-state index contributed by atoms with van der Waals surface area (Å²) in [7, 11) is 0. The van der Waals surface area contributed by atoms with Crippen molar-refractivity contribution in [2.75, 3.05) is 0 Å².